The van der Waals surface area contributed by atoms with Crippen molar-refractivity contribution in [2.75, 3.05) is 26.2 Å². The zero-order valence-electron chi connectivity index (χ0n) is 14.6. The maximum absolute atomic E-state index is 12.5. The van der Waals surface area contributed by atoms with E-state index in [4.69, 9.17) is 0 Å². The van der Waals surface area contributed by atoms with Crippen LogP contribution in [-0.2, 0) is 11.3 Å². The second-order valence-electron chi connectivity index (χ2n) is 7.01. The molecule has 0 N–H and O–H groups in total. The molecule has 1 aliphatic carbocycles. The van der Waals surface area contributed by atoms with Gasteiger partial charge in [-0.15, -0.1) is 10.2 Å². The van der Waals surface area contributed by atoms with Crippen LogP contribution >= 0.6 is 0 Å². The van der Waals surface area contributed by atoms with Gasteiger partial charge in [-0.2, -0.15) is 4.80 Å². The van der Waals surface area contributed by atoms with Crippen molar-refractivity contribution in [3.63, 3.8) is 0 Å². The first kappa shape index (κ1) is 16.2. The Morgan fingerprint density at radius 2 is 1.84 bits per heavy atom. The Balaban J connectivity index is 1.33. The highest BCUT2D eigenvalue weighted by Crippen LogP contribution is 2.25. The van der Waals surface area contributed by atoms with Gasteiger partial charge in [0.2, 0.25) is 11.7 Å². The highest BCUT2D eigenvalue weighted by atomic mass is 16.2. The SMILES string of the molecule is Cc1ccc(-c2nnn(CC(=O)N3CCN(C4CCC4)CC3)n2)cc1. The van der Waals surface area contributed by atoms with E-state index in [9.17, 15) is 4.79 Å². The summed E-state index contributed by atoms with van der Waals surface area (Å²) in [5, 5.41) is 12.5. The summed E-state index contributed by atoms with van der Waals surface area (Å²) >= 11 is 0. The Kier molecular flexibility index (Phi) is 4.48. The van der Waals surface area contributed by atoms with Crippen LogP contribution in [0.15, 0.2) is 24.3 Å². The number of tetrazole rings is 1. The molecule has 0 radical (unpaired) electrons. The van der Waals surface area contributed by atoms with Crippen molar-refractivity contribution in [1.82, 2.24) is 30.0 Å². The van der Waals surface area contributed by atoms with Gasteiger partial charge in [-0.05, 0) is 25.0 Å². The molecule has 0 bridgehead atoms. The normalized spacial score (nSPS) is 19.0. The smallest absolute Gasteiger partial charge is 0.246 e. The van der Waals surface area contributed by atoms with Crippen LogP contribution in [0.25, 0.3) is 11.4 Å². The van der Waals surface area contributed by atoms with Crippen LogP contribution in [-0.4, -0.2) is 68.1 Å². The fraction of sp³-hybridized carbons (Fsp3) is 0.556. The molecule has 1 aliphatic heterocycles. The molecular weight excluding hydrogens is 316 g/mol. The number of aryl methyl sites for hydroxylation is 1. The molecule has 7 heteroatoms. The number of hydrogen-bond acceptors (Lipinski definition) is 5. The molecule has 7 nitrogen and oxygen atoms in total. The lowest BCUT2D eigenvalue weighted by atomic mass is 9.91. The predicted octanol–water partition coefficient (Wildman–Crippen LogP) is 1.35. The number of carbonyl (C=O) groups is 1. The lowest BCUT2D eigenvalue weighted by Crippen LogP contribution is -2.54. The highest BCUT2D eigenvalue weighted by Gasteiger charge is 2.29. The first-order chi connectivity index (χ1) is 12.2. The Morgan fingerprint density at radius 1 is 1.12 bits per heavy atom. The predicted molar refractivity (Wildman–Crippen MR) is 93.8 cm³/mol. The number of aromatic nitrogens is 4. The molecule has 2 heterocycles. The van der Waals surface area contributed by atoms with Gasteiger partial charge in [-0.3, -0.25) is 9.69 Å². The van der Waals surface area contributed by atoms with E-state index >= 15 is 0 Å². The molecule has 0 spiro atoms. The minimum atomic E-state index is 0.0705. The Bertz CT molecular complexity index is 728. The number of benzene rings is 1. The summed E-state index contributed by atoms with van der Waals surface area (Å²) in [6.45, 7) is 5.76. The van der Waals surface area contributed by atoms with E-state index in [1.807, 2.05) is 36.1 Å². The summed E-state index contributed by atoms with van der Waals surface area (Å²) in [5.74, 6) is 0.628. The lowest BCUT2D eigenvalue weighted by Gasteiger charge is -2.42. The quantitative estimate of drug-likeness (QED) is 0.840. The van der Waals surface area contributed by atoms with Gasteiger partial charge in [0.15, 0.2) is 0 Å². The third-order valence-corrected chi connectivity index (χ3v) is 5.30. The van der Waals surface area contributed by atoms with Crippen LogP contribution in [0.2, 0.25) is 0 Å². The van der Waals surface area contributed by atoms with E-state index in [1.165, 1.54) is 29.6 Å². The van der Waals surface area contributed by atoms with Crippen LogP contribution in [0.4, 0.5) is 0 Å². The Labute approximate surface area is 147 Å². The van der Waals surface area contributed by atoms with Gasteiger partial charge in [0, 0.05) is 37.8 Å². The van der Waals surface area contributed by atoms with Gasteiger partial charge in [-0.1, -0.05) is 36.2 Å². The number of nitrogens with zero attached hydrogens (tertiary/aromatic N) is 6. The van der Waals surface area contributed by atoms with E-state index in [2.05, 4.69) is 20.3 Å². The molecular formula is C18H24N6O. The van der Waals surface area contributed by atoms with E-state index in [0.29, 0.717) is 5.82 Å². The van der Waals surface area contributed by atoms with Crippen molar-refractivity contribution in [3.05, 3.63) is 29.8 Å². The Hall–Kier alpha value is -2.28. The van der Waals surface area contributed by atoms with Crippen molar-refractivity contribution in [1.29, 1.82) is 0 Å². The lowest BCUT2D eigenvalue weighted by molar-refractivity contribution is -0.134. The molecule has 4 rings (SSSR count). The number of carbonyl (C=O) groups excluding carboxylic acids is 1. The van der Waals surface area contributed by atoms with Crippen LogP contribution in [0.5, 0.6) is 0 Å². The highest BCUT2D eigenvalue weighted by molar-refractivity contribution is 5.76. The summed E-state index contributed by atoms with van der Waals surface area (Å²) in [4.78, 5) is 18.3. The van der Waals surface area contributed by atoms with Gasteiger partial charge in [0.25, 0.3) is 0 Å². The van der Waals surface area contributed by atoms with Crippen molar-refractivity contribution in [2.24, 2.45) is 0 Å². The van der Waals surface area contributed by atoms with Crippen molar-refractivity contribution in [2.45, 2.75) is 38.8 Å². The second kappa shape index (κ2) is 6.92. The number of amides is 1. The van der Waals surface area contributed by atoms with Gasteiger partial charge in [0.1, 0.15) is 6.54 Å². The van der Waals surface area contributed by atoms with Crippen LogP contribution in [0.3, 0.4) is 0 Å². The third-order valence-electron chi connectivity index (χ3n) is 5.30. The average Bonchev–Trinajstić information content (AvgIpc) is 3.03. The molecule has 132 valence electrons. The summed E-state index contributed by atoms with van der Waals surface area (Å²) in [6.07, 6.45) is 3.99. The minimum absolute atomic E-state index is 0.0705. The molecule has 1 saturated carbocycles. The number of piperazine rings is 1. The Morgan fingerprint density at radius 3 is 2.48 bits per heavy atom. The summed E-state index contributed by atoms with van der Waals surface area (Å²) in [7, 11) is 0. The first-order valence-corrected chi connectivity index (χ1v) is 9.06. The van der Waals surface area contributed by atoms with Gasteiger partial charge < -0.3 is 4.90 Å². The van der Waals surface area contributed by atoms with Crippen molar-refractivity contribution in [3.8, 4) is 11.4 Å². The van der Waals surface area contributed by atoms with Crippen LogP contribution < -0.4 is 0 Å². The number of hydrogen-bond donors (Lipinski definition) is 0. The van der Waals surface area contributed by atoms with Crippen molar-refractivity contribution >= 4 is 5.91 Å². The first-order valence-electron chi connectivity index (χ1n) is 9.06. The molecule has 1 aromatic heterocycles. The van der Waals surface area contributed by atoms with E-state index < -0.39 is 0 Å². The zero-order chi connectivity index (χ0) is 17.2. The van der Waals surface area contributed by atoms with E-state index in [0.717, 1.165) is 37.8 Å². The minimum Gasteiger partial charge on any atom is -0.338 e. The van der Waals surface area contributed by atoms with E-state index in [-0.39, 0.29) is 12.5 Å². The fourth-order valence-corrected chi connectivity index (χ4v) is 3.44. The molecule has 2 fully saturated rings. The van der Waals surface area contributed by atoms with E-state index in [1.54, 1.807) is 0 Å². The topological polar surface area (TPSA) is 67.2 Å². The molecule has 0 unspecified atom stereocenters. The summed E-state index contributed by atoms with van der Waals surface area (Å²) < 4.78 is 0. The number of rotatable bonds is 4. The molecule has 1 amide bonds. The largest absolute Gasteiger partial charge is 0.338 e. The van der Waals surface area contributed by atoms with Gasteiger partial charge in [0.05, 0.1) is 0 Å². The average molecular weight is 340 g/mol. The summed E-state index contributed by atoms with van der Waals surface area (Å²) in [5.41, 5.74) is 2.10. The fourth-order valence-electron chi connectivity index (χ4n) is 3.44. The standard InChI is InChI=1S/C18H24N6O/c1-14-5-7-15(8-6-14)18-19-21-24(20-18)13-17(25)23-11-9-22(10-12-23)16-3-2-4-16/h5-8,16H,2-4,9-13H2,1H3. The molecule has 2 aromatic rings. The molecule has 0 atom stereocenters. The monoisotopic (exact) mass is 340 g/mol. The zero-order valence-corrected chi connectivity index (χ0v) is 14.6. The maximum Gasteiger partial charge on any atom is 0.246 e. The second-order valence-corrected chi connectivity index (χ2v) is 7.01. The van der Waals surface area contributed by atoms with Gasteiger partial charge >= 0.3 is 0 Å². The molecule has 1 aromatic carbocycles. The van der Waals surface area contributed by atoms with Crippen LogP contribution in [0, 0.1) is 6.92 Å². The maximum atomic E-state index is 12.5. The molecule has 25 heavy (non-hydrogen) atoms. The summed E-state index contributed by atoms with van der Waals surface area (Å²) in [6, 6.07) is 8.73. The van der Waals surface area contributed by atoms with Crippen LogP contribution in [0.1, 0.15) is 24.8 Å². The third kappa shape index (κ3) is 3.56. The molecule has 2 aliphatic rings. The molecule has 1 saturated heterocycles. The van der Waals surface area contributed by atoms with Crippen molar-refractivity contribution < 1.29 is 4.79 Å². The van der Waals surface area contributed by atoms with Gasteiger partial charge in [-0.25, -0.2) is 0 Å².